The van der Waals surface area contributed by atoms with Crippen molar-refractivity contribution in [3.05, 3.63) is 36.5 Å². The summed E-state index contributed by atoms with van der Waals surface area (Å²) in [5.41, 5.74) is 0. The van der Waals surface area contributed by atoms with Crippen LogP contribution in [-0.2, 0) is 28.7 Å². The van der Waals surface area contributed by atoms with E-state index in [1.807, 2.05) is 13.0 Å². The van der Waals surface area contributed by atoms with Gasteiger partial charge in [0.2, 0.25) is 0 Å². The first-order valence-electron chi connectivity index (χ1n) is 13.8. The van der Waals surface area contributed by atoms with E-state index in [1.165, 1.54) is 77.0 Å². The molecule has 2 heterocycles. The largest absolute Gasteiger partial charge is 0.393 e. The molecule has 0 aromatic heterocycles. The molecule has 2 unspecified atom stereocenters. The summed E-state index contributed by atoms with van der Waals surface area (Å²) in [6, 6.07) is 0. The Morgan fingerprint density at radius 3 is 1.69 bits per heavy atom. The van der Waals surface area contributed by atoms with Crippen LogP contribution in [0.25, 0.3) is 0 Å². The first-order valence-corrected chi connectivity index (χ1v) is 13.8. The smallest absolute Gasteiger partial charge is 0.338 e. The Morgan fingerprint density at radius 2 is 1.28 bits per heavy atom. The van der Waals surface area contributed by atoms with Crippen LogP contribution < -0.4 is 0 Å². The van der Waals surface area contributed by atoms with E-state index >= 15 is 0 Å². The van der Waals surface area contributed by atoms with Crippen molar-refractivity contribution in [3.63, 3.8) is 0 Å². The zero-order chi connectivity index (χ0) is 27.0. The number of hydrogen-bond donors (Lipinski definition) is 0. The second kappa shape index (κ2) is 22.9. The summed E-state index contributed by atoms with van der Waals surface area (Å²) in [5.74, 6) is -2.08. The predicted octanol–water partition coefficient (Wildman–Crippen LogP) is 7.57. The summed E-state index contributed by atoms with van der Waals surface area (Å²) in [5, 5.41) is 0. The minimum absolute atomic E-state index is 0.0968. The summed E-state index contributed by atoms with van der Waals surface area (Å²) in [4.78, 5) is 42.2. The van der Waals surface area contributed by atoms with E-state index in [2.05, 4.69) is 48.5 Å². The zero-order valence-corrected chi connectivity index (χ0v) is 23.0. The molecule has 0 aromatic carbocycles. The summed E-state index contributed by atoms with van der Waals surface area (Å²) in [6.07, 6.45) is 28.2. The van der Waals surface area contributed by atoms with Crippen molar-refractivity contribution in [1.82, 2.24) is 0 Å². The number of hydrogen-bond acceptors (Lipinski definition) is 6. The minimum atomic E-state index is -0.579. The average Bonchev–Trinajstić information content (AvgIpc) is 3.40. The summed E-state index contributed by atoms with van der Waals surface area (Å²) >= 11 is 0. The number of rotatable bonds is 15. The maximum Gasteiger partial charge on any atom is 0.338 e. The van der Waals surface area contributed by atoms with Crippen LogP contribution in [0.3, 0.4) is 0 Å². The molecule has 0 N–H and O–H groups in total. The quantitative estimate of drug-likeness (QED) is 0.0989. The number of cyclic esters (lactones) is 4. The Hall–Kier alpha value is -2.50. The fourth-order valence-electron chi connectivity index (χ4n) is 3.72. The van der Waals surface area contributed by atoms with Crippen LogP contribution in [0.15, 0.2) is 36.5 Å². The van der Waals surface area contributed by atoms with Gasteiger partial charge in [0.05, 0.1) is 12.3 Å². The third kappa shape index (κ3) is 18.8. The Balaban J connectivity index is 0.000000574. The maximum atomic E-state index is 11.4. The summed E-state index contributed by atoms with van der Waals surface area (Å²) in [7, 11) is 0. The Labute approximate surface area is 218 Å². The van der Waals surface area contributed by atoms with Gasteiger partial charge in [-0.3, -0.25) is 9.59 Å². The first kappa shape index (κ1) is 33.5. The number of esters is 4. The van der Waals surface area contributed by atoms with E-state index in [4.69, 9.17) is 0 Å². The van der Waals surface area contributed by atoms with Gasteiger partial charge < -0.3 is 9.47 Å². The molecule has 36 heavy (non-hydrogen) atoms. The highest BCUT2D eigenvalue weighted by Crippen LogP contribution is 2.25. The van der Waals surface area contributed by atoms with Crippen LogP contribution in [0.1, 0.15) is 118 Å². The molecule has 0 amide bonds. The van der Waals surface area contributed by atoms with Gasteiger partial charge in [-0.25, -0.2) is 9.59 Å². The molecule has 0 radical (unpaired) electrons. The fourth-order valence-corrected chi connectivity index (χ4v) is 3.72. The number of allylic oxidation sites excluding steroid dienone is 4. The van der Waals surface area contributed by atoms with Gasteiger partial charge in [-0.1, -0.05) is 103 Å². The number of carbonyl (C=O) groups is 4. The number of carbonyl (C=O) groups excluding carboxylic acids is 4. The highest BCUT2D eigenvalue weighted by Gasteiger charge is 2.36. The van der Waals surface area contributed by atoms with Gasteiger partial charge >= 0.3 is 23.9 Å². The third-order valence-corrected chi connectivity index (χ3v) is 5.97. The third-order valence-electron chi connectivity index (χ3n) is 5.97. The molecule has 1 saturated heterocycles. The van der Waals surface area contributed by atoms with E-state index in [0.29, 0.717) is 0 Å². The molecule has 6 heteroatoms. The van der Waals surface area contributed by atoms with Gasteiger partial charge in [-0.2, -0.15) is 0 Å². The molecule has 2 atom stereocenters. The SMILES string of the molecule is C/C=C\CCCCCCCC.CCCCCCC/C=C\C(C)C1CC(=O)OC1=O.O=C1C=CC(=O)O1. The number of unbranched alkanes of at least 4 members (excludes halogenated alkanes) is 11. The molecule has 2 rings (SSSR count). The molecule has 2 aliphatic rings. The van der Waals surface area contributed by atoms with Crippen molar-refractivity contribution in [2.75, 3.05) is 0 Å². The standard InChI is InChI=1S/C15H24O3.C11H22.C4H2O3/c1-3-4-5-6-7-8-9-10-12(2)13-11-14(16)18-15(13)17;1-3-5-7-9-11-10-8-6-4-2;5-3-1-2-4(6)7-3/h9-10,12-13H,3-8,11H2,1-2H3;3,5H,4,6-11H2,1-2H3;1-2H/b10-9-;5-3-;. The van der Waals surface area contributed by atoms with Gasteiger partial charge in [0.15, 0.2) is 0 Å². The van der Waals surface area contributed by atoms with E-state index < -0.39 is 11.9 Å². The van der Waals surface area contributed by atoms with Crippen LogP contribution in [0.2, 0.25) is 0 Å². The normalized spacial score (nSPS) is 17.6. The Morgan fingerprint density at radius 1 is 0.778 bits per heavy atom. The van der Waals surface area contributed by atoms with E-state index in [9.17, 15) is 19.2 Å². The van der Waals surface area contributed by atoms with E-state index in [-0.39, 0.29) is 30.2 Å². The first-order chi connectivity index (χ1) is 17.3. The lowest BCUT2D eigenvalue weighted by molar-refractivity contribution is -0.154. The Bertz CT molecular complexity index is 703. The van der Waals surface area contributed by atoms with Crippen LogP contribution in [0, 0.1) is 11.8 Å². The van der Waals surface area contributed by atoms with Gasteiger partial charge in [-0.05, 0) is 38.5 Å². The predicted molar refractivity (Wildman–Crippen MR) is 144 cm³/mol. The maximum absolute atomic E-state index is 11.4. The lowest BCUT2D eigenvalue weighted by Gasteiger charge is -2.09. The van der Waals surface area contributed by atoms with Gasteiger partial charge in [0, 0.05) is 12.2 Å². The van der Waals surface area contributed by atoms with Gasteiger partial charge in [0.25, 0.3) is 0 Å². The fraction of sp³-hybridized carbons (Fsp3) is 0.667. The molecule has 6 nitrogen and oxygen atoms in total. The van der Waals surface area contributed by atoms with Crippen molar-refractivity contribution >= 4 is 23.9 Å². The average molecular weight is 505 g/mol. The monoisotopic (exact) mass is 504 g/mol. The van der Waals surface area contributed by atoms with Crippen LogP contribution >= 0.6 is 0 Å². The second-order valence-corrected chi connectivity index (χ2v) is 9.29. The summed E-state index contributed by atoms with van der Waals surface area (Å²) < 4.78 is 8.53. The van der Waals surface area contributed by atoms with E-state index in [1.54, 1.807) is 0 Å². The lowest BCUT2D eigenvalue weighted by Crippen LogP contribution is -2.14. The molecule has 0 bridgehead atoms. The highest BCUT2D eigenvalue weighted by molar-refractivity contribution is 6.04. The Kier molecular flexibility index (Phi) is 21.3. The van der Waals surface area contributed by atoms with Crippen LogP contribution in [0.5, 0.6) is 0 Å². The molecular formula is C30H48O6. The summed E-state index contributed by atoms with van der Waals surface area (Å²) in [6.45, 7) is 8.54. The van der Waals surface area contributed by atoms with Crippen LogP contribution in [0.4, 0.5) is 0 Å². The van der Waals surface area contributed by atoms with Gasteiger partial charge in [0.1, 0.15) is 0 Å². The lowest BCUT2D eigenvalue weighted by atomic mass is 9.92. The minimum Gasteiger partial charge on any atom is -0.393 e. The molecule has 0 spiro atoms. The van der Waals surface area contributed by atoms with Crippen molar-refractivity contribution in [1.29, 1.82) is 0 Å². The molecule has 204 valence electrons. The van der Waals surface area contributed by atoms with E-state index in [0.717, 1.165) is 18.6 Å². The molecule has 0 saturated carbocycles. The van der Waals surface area contributed by atoms with Crippen LogP contribution in [-0.4, -0.2) is 23.9 Å². The van der Waals surface area contributed by atoms with Crippen molar-refractivity contribution < 1.29 is 28.7 Å². The molecule has 0 aromatic rings. The van der Waals surface area contributed by atoms with Crippen molar-refractivity contribution in [2.24, 2.45) is 11.8 Å². The molecule has 2 aliphatic heterocycles. The number of ether oxygens (including phenoxy) is 2. The molecular weight excluding hydrogens is 456 g/mol. The highest BCUT2D eigenvalue weighted by atomic mass is 16.6. The second-order valence-electron chi connectivity index (χ2n) is 9.29. The van der Waals surface area contributed by atoms with Gasteiger partial charge in [-0.15, -0.1) is 0 Å². The topological polar surface area (TPSA) is 86.7 Å². The van der Waals surface area contributed by atoms with Crippen molar-refractivity contribution in [3.8, 4) is 0 Å². The van der Waals surface area contributed by atoms with Crippen molar-refractivity contribution in [2.45, 2.75) is 118 Å². The zero-order valence-electron chi connectivity index (χ0n) is 23.0. The molecule has 1 fully saturated rings. The molecule has 0 aliphatic carbocycles.